The normalized spacial score (nSPS) is 10.6. The van der Waals surface area contributed by atoms with Crippen LogP contribution in [0.25, 0.3) is 5.69 Å². The SMILES string of the molecule is CCc1cc(NCc2cn(-c3ccccc3)nn2)nc(C)n1. The number of aromatic nitrogens is 5. The smallest absolute Gasteiger partial charge is 0.130 e. The summed E-state index contributed by atoms with van der Waals surface area (Å²) in [6, 6.07) is 11.9. The Morgan fingerprint density at radius 3 is 2.68 bits per heavy atom. The van der Waals surface area contributed by atoms with E-state index < -0.39 is 0 Å². The molecule has 0 spiro atoms. The van der Waals surface area contributed by atoms with Gasteiger partial charge in [-0.1, -0.05) is 30.3 Å². The highest BCUT2D eigenvalue weighted by molar-refractivity contribution is 5.36. The molecule has 0 aliphatic heterocycles. The van der Waals surface area contributed by atoms with Gasteiger partial charge in [-0.15, -0.1) is 5.10 Å². The van der Waals surface area contributed by atoms with E-state index in [1.165, 1.54) is 0 Å². The van der Waals surface area contributed by atoms with Gasteiger partial charge in [0.25, 0.3) is 0 Å². The van der Waals surface area contributed by atoms with E-state index in [0.29, 0.717) is 6.54 Å². The van der Waals surface area contributed by atoms with Crippen LogP contribution in [0.1, 0.15) is 24.1 Å². The lowest BCUT2D eigenvalue weighted by Gasteiger charge is -2.06. The summed E-state index contributed by atoms with van der Waals surface area (Å²) >= 11 is 0. The Labute approximate surface area is 129 Å². The number of aryl methyl sites for hydroxylation is 2. The molecule has 3 aromatic rings. The number of para-hydroxylation sites is 1. The van der Waals surface area contributed by atoms with E-state index in [1.54, 1.807) is 4.68 Å². The van der Waals surface area contributed by atoms with Gasteiger partial charge in [0.15, 0.2) is 0 Å². The molecule has 3 rings (SSSR count). The standard InChI is InChI=1S/C16H18N6/c1-3-13-9-16(19-12(2)18-13)17-10-14-11-22(21-20-14)15-7-5-4-6-8-15/h4-9,11H,3,10H2,1-2H3,(H,17,18,19). The van der Waals surface area contributed by atoms with Crippen molar-refractivity contribution in [2.75, 3.05) is 5.32 Å². The Bertz CT molecular complexity index is 750. The number of nitrogens with one attached hydrogen (secondary N) is 1. The van der Waals surface area contributed by atoms with Crippen molar-refractivity contribution in [3.05, 3.63) is 59.8 Å². The molecule has 0 amide bonds. The predicted octanol–water partition coefficient (Wildman–Crippen LogP) is 2.54. The molecule has 22 heavy (non-hydrogen) atoms. The molecule has 0 aliphatic carbocycles. The second-order valence-corrected chi connectivity index (χ2v) is 4.99. The van der Waals surface area contributed by atoms with Gasteiger partial charge in [0.05, 0.1) is 18.4 Å². The third kappa shape index (κ3) is 3.28. The minimum absolute atomic E-state index is 0.576. The minimum atomic E-state index is 0.576. The van der Waals surface area contributed by atoms with Gasteiger partial charge in [0.2, 0.25) is 0 Å². The number of anilines is 1. The zero-order valence-corrected chi connectivity index (χ0v) is 12.7. The van der Waals surface area contributed by atoms with Crippen molar-refractivity contribution in [1.82, 2.24) is 25.0 Å². The Morgan fingerprint density at radius 1 is 1.09 bits per heavy atom. The monoisotopic (exact) mass is 294 g/mol. The van der Waals surface area contributed by atoms with Crippen molar-refractivity contribution in [3.63, 3.8) is 0 Å². The summed E-state index contributed by atoms with van der Waals surface area (Å²) in [7, 11) is 0. The molecule has 112 valence electrons. The highest BCUT2D eigenvalue weighted by Crippen LogP contribution is 2.10. The van der Waals surface area contributed by atoms with Crippen molar-refractivity contribution in [3.8, 4) is 5.69 Å². The number of hydrogen-bond donors (Lipinski definition) is 1. The molecule has 0 radical (unpaired) electrons. The minimum Gasteiger partial charge on any atom is -0.364 e. The fourth-order valence-corrected chi connectivity index (χ4v) is 2.17. The zero-order valence-electron chi connectivity index (χ0n) is 12.7. The zero-order chi connectivity index (χ0) is 15.4. The lowest BCUT2D eigenvalue weighted by Crippen LogP contribution is -2.05. The molecule has 1 N–H and O–H groups in total. The molecular weight excluding hydrogens is 276 g/mol. The summed E-state index contributed by atoms with van der Waals surface area (Å²) < 4.78 is 1.76. The molecule has 0 atom stereocenters. The Hall–Kier alpha value is -2.76. The first-order valence-electron chi connectivity index (χ1n) is 7.29. The molecule has 0 bridgehead atoms. The van der Waals surface area contributed by atoms with Crippen molar-refractivity contribution in [2.45, 2.75) is 26.8 Å². The molecule has 0 saturated heterocycles. The number of benzene rings is 1. The molecule has 2 aromatic heterocycles. The van der Waals surface area contributed by atoms with Gasteiger partial charge in [0.1, 0.15) is 17.3 Å². The number of nitrogens with zero attached hydrogens (tertiary/aromatic N) is 5. The maximum Gasteiger partial charge on any atom is 0.130 e. The Balaban J connectivity index is 1.70. The summed E-state index contributed by atoms with van der Waals surface area (Å²) in [5, 5.41) is 11.6. The van der Waals surface area contributed by atoms with Crippen LogP contribution in [-0.4, -0.2) is 25.0 Å². The largest absolute Gasteiger partial charge is 0.364 e. The molecule has 0 fully saturated rings. The van der Waals surface area contributed by atoms with Gasteiger partial charge in [-0.3, -0.25) is 0 Å². The fraction of sp³-hybridized carbons (Fsp3) is 0.250. The molecule has 0 unspecified atom stereocenters. The maximum atomic E-state index is 4.38. The number of rotatable bonds is 5. The third-order valence-electron chi connectivity index (χ3n) is 3.27. The number of hydrogen-bond acceptors (Lipinski definition) is 5. The first-order valence-corrected chi connectivity index (χ1v) is 7.29. The first kappa shape index (κ1) is 14.2. The lowest BCUT2D eigenvalue weighted by atomic mass is 10.3. The van der Waals surface area contributed by atoms with Crippen molar-refractivity contribution >= 4 is 5.82 Å². The van der Waals surface area contributed by atoms with Crippen LogP contribution in [-0.2, 0) is 13.0 Å². The van der Waals surface area contributed by atoms with Crippen LogP contribution in [0.15, 0.2) is 42.6 Å². The fourth-order valence-electron chi connectivity index (χ4n) is 2.17. The van der Waals surface area contributed by atoms with Gasteiger partial charge < -0.3 is 5.32 Å². The van der Waals surface area contributed by atoms with E-state index in [0.717, 1.165) is 35.1 Å². The topological polar surface area (TPSA) is 68.5 Å². The van der Waals surface area contributed by atoms with Gasteiger partial charge in [-0.2, -0.15) is 0 Å². The van der Waals surface area contributed by atoms with Gasteiger partial charge >= 0.3 is 0 Å². The highest BCUT2D eigenvalue weighted by atomic mass is 15.4. The predicted molar refractivity (Wildman–Crippen MR) is 84.8 cm³/mol. The molecule has 1 aromatic carbocycles. The third-order valence-corrected chi connectivity index (χ3v) is 3.27. The van der Waals surface area contributed by atoms with Crippen LogP contribution in [0.3, 0.4) is 0 Å². The average molecular weight is 294 g/mol. The van der Waals surface area contributed by atoms with Crippen molar-refractivity contribution in [2.24, 2.45) is 0 Å². The van der Waals surface area contributed by atoms with Crippen LogP contribution in [0.5, 0.6) is 0 Å². The van der Waals surface area contributed by atoms with E-state index in [1.807, 2.05) is 49.5 Å². The Kier molecular flexibility index (Phi) is 4.09. The van der Waals surface area contributed by atoms with Crippen LogP contribution >= 0.6 is 0 Å². The van der Waals surface area contributed by atoms with Gasteiger partial charge in [-0.05, 0) is 25.5 Å². The lowest BCUT2D eigenvalue weighted by molar-refractivity contribution is 0.798. The summed E-state index contributed by atoms with van der Waals surface area (Å²) in [6.45, 7) is 4.56. The van der Waals surface area contributed by atoms with Crippen LogP contribution in [0.2, 0.25) is 0 Å². The second kappa shape index (κ2) is 6.34. The molecule has 2 heterocycles. The average Bonchev–Trinajstić information content (AvgIpc) is 3.02. The summed E-state index contributed by atoms with van der Waals surface area (Å²) in [5.41, 5.74) is 2.88. The quantitative estimate of drug-likeness (QED) is 0.783. The molecule has 6 nitrogen and oxygen atoms in total. The maximum absolute atomic E-state index is 4.38. The summed E-state index contributed by atoms with van der Waals surface area (Å²) in [5.74, 6) is 1.59. The van der Waals surface area contributed by atoms with Crippen molar-refractivity contribution < 1.29 is 0 Å². The Morgan fingerprint density at radius 2 is 1.91 bits per heavy atom. The van der Waals surface area contributed by atoms with E-state index in [9.17, 15) is 0 Å². The highest BCUT2D eigenvalue weighted by Gasteiger charge is 2.04. The molecular formula is C16H18N6. The van der Waals surface area contributed by atoms with E-state index in [-0.39, 0.29) is 0 Å². The van der Waals surface area contributed by atoms with Gasteiger partial charge in [0, 0.05) is 11.8 Å². The molecule has 0 saturated carbocycles. The van der Waals surface area contributed by atoms with Crippen LogP contribution in [0, 0.1) is 6.92 Å². The van der Waals surface area contributed by atoms with E-state index in [4.69, 9.17) is 0 Å². The van der Waals surface area contributed by atoms with E-state index in [2.05, 4.69) is 32.5 Å². The second-order valence-electron chi connectivity index (χ2n) is 4.99. The first-order chi connectivity index (χ1) is 10.7. The molecule has 0 aliphatic rings. The summed E-state index contributed by atoms with van der Waals surface area (Å²) in [6.07, 6.45) is 2.80. The molecule has 6 heteroatoms. The van der Waals surface area contributed by atoms with Crippen LogP contribution < -0.4 is 5.32 Å². The van der Waals surface area contributed by atoms with E-state index >= 15 is 0 Å². The van der Waals surface area contributed by atoms with Gasteiger partial charge in [-0.25, -0.2) is 14.6 Å². The van der Waals surface area contributed by atoms with Crippen molar-refractivity contribution in [1.29, 1.82) is 0 Å². The van der Waals surface area contributed by atoms with Crippen LogP contribution in [0.4, 0.5) is 5.82 Å². The summed E-state index contributed by atoms with van der Waals surface area (Å²) in [4.78, 5) is 8.75.